The molecule has 0 bridgehead atoms. The maximum Gasteiger partial charge on any atom is 0.412 e. The third kappa shape index (κ3) is 36.8. The third-order valence-corrected chi connectivity index (χ3v) is 33.1. The number of esters is 4. The third-order valence-electron chi connectivity index (χ3n) is 18.2. The molecule has 0 saturated heterocycles. The number of hydrogen-bond donors (Lipinski definition) is 4. The van der Waals surface area contributed by atoms with Crippen LogP contribution in [0.1, 0.15) is 302 Å². The van der Waals surface area contributed by atoms with Gasteiger partial charge in [0.15, 0.2) is 5.78 Å². The van der Waals surface area contributed by atoms with Crippen LogP contribution in [0.25, 0.3) is 6.08 Å². The molecule has 0 radical (unpaired) electrons. The van der Waals surface area contributed by atoms with Gasteiger partial charge in [0.05, 0.1) is 80.2 Å². The molecule has 0 aromatic heterocycles. The van der Waals surface area contributed by atoms with E-state index in [4.69, 9.17) is 25.1 Å². The molecule has 2 amide bonds. The number of nitro benzene ring substituents is 3. The van der Waals surface area contributed by atoms with E-state index in [9.17, 15) is 68.7 Å². The van der Waals surface area contributed by atoms with Crippen LogP contribution in [0.5, 0.6) is 0 Å². The molecule has 4 fully saturated rings. The molecule has 0 unspecified atom stereocenters. The summed E-state index contributed by atoms with van der Waals surface area (Å²) in [6, 6.07) is 28.5. The standard InChI is InChI=1S/C16H21NO4.C15H19NO4.C11H11NO4.C11H13NO.C10H9NO4.C8H6INO4.3C4H9.C2H3.4CH4.Sn/c1-16(2,3)21-15(19)17-13-9-11(14(18)20-4)7-8-12(13)10-5-6-10;1-15(2,3)20-14(19)16-12-8-10(13(17)18)6-7-11(12)9-4-5-9;1-16-11(13)8-4-5-9(7-2-3-7)10(6-8)12(14)15;1-7(13)9-4-5-10(8-2-3-8)11(12)6-9;1-3-7-4-5-8(10(12)15-2)6-9(7)11(13)14;1-14-8(11)5-2-3-6(9)7(4-5)10(12)13;3*1-3-4-2;1-2;;;;;/h7-10H,5-6H2,1-4H3,(H,17,19);6-9H,4-5H2,1-3H3,(H,16,19)(H,17,18);4-7H,2-3H2,1H3;4-6,8H,2-3,12H2,1H3;3-6H,1H2,2H3;2-4H,1H3;3*1,3-4H2,2H3;1H,2H2;4*1H4;. The Hall–Kier alpha value is -10.1. The fourth-order valence-electron chi connectivity index (χ4n) is 11.6. The Labute approximate surface area is 714 Å². The number of carbonyl (C=O) groups is 8. The molecule has 6 aromatic rings. The number of carboxylic acid groups (broad SMARTS) is 1. The maximum atomic E-state index is 11.9. The first-order valence-corrected chi connectivity index (χ1v) is 46.6. The van der Waals surface area contributed by atoms with Crippen molar-refractivity contribution < 1.29 is 86.7 Å². The van der Waals surface area contributed by atoms with Crippen molar-refractivity contribution in [2.75, 3.05) is 44.8 Å². The maximum absolute atomic E-state index is 11.9. The molecular weight excluding hydrogens is 1730 g/mol. The van der Waals surface area contributed by atoms with E-state index in [2.05, 4.69) is 62.9 Å². The summed E-state index contributed by atoms with van der Waals surface area (Å²) in [7, 11) is 5.03. The van der Waals surface area contributed by atoms with Crippen molar-refractivity contribution in [2.24, 2.45) is 0 Å². The van der Waals surface area contributed by atoms with Crippen LogP contribution < -0.4 is 16.4 Å². The summed E-state index contributed by atoms with van der Waals surface area (Å²) in [5, 5.41) is 46.5. The van der Waals surface area contributed by atoms with Crippen molar-refractivity contribution in [1.82, 2.24) is 0 Å². The van der Waals surface area contributed by atoms with Gasteiger partial charge in [-0.25, -0.2) is 33.6 Å². The van der Waals surface area contributed by atoms with Gasteiger partial charge in [0.1, 0.15) is 11.2 Å². The van der Waals surface area contributed by atoms with E-state index in [1.165, 1.54) is 140 Å². The predicted octanol–water partition coefficient (Wildman–Crippen LogP) is 24.0. The molecule has 0 heterocycles. The van der Waals surface area contributed by atoms with Gasteiger partial charge in [-0.05, 0) is 223 Å². The second-order valence-corrected chi connectivity index (χ2v) is 44.1. The largest absolute Gasteiger partial charge is 0.478 e. The first-order valence-electron chi connectivity index (χ1n) is 37.8. The molecule has 648 valence electrons. The number of anilines is 3. The number of ketones is 1. The average Bonchev–Trinajstić information content (AvgIpc) is 1.62. The molecule has 0 aliphatic heterocycles. The number of carbonyl (C=O) groups excluding carboxylic acids is 7. The van der Waals surface area contributed by atoms with E-state index in [1.807, 2.05) is 40.8 Å². The molecule has 4 aliphatic carbocycles. The zero-order valence-electron chi connectivity index (χ0n) is 67.7. The molecule has 27 nitrogen and oxygen atoms in total. The molecule has 0 spiro atoms. The molecule has 4 saturated carbocycles. The minimum absolute atomic E-state index is 0. The Bertz CT molecular complexity index is 4380. The van der Waals surface area contributed by atoms with Gasteiger partial charge in [-0.1, -0.05) is 72.7 Å². The molecule has 0 atom stereocenters. The van der Waals surface area contributed by atoms with Crippen molar-refractivity contribution in [1.29, 1.82) is 0 Å². The van der Waals surface area contributed by atoms with Gasteiger partial charge in [0.25, 0.3) is 17.1 Å². The summed E-state index contributed by atoms with van der Waals surface area (Å²) in [6.07, 6.45) is 17.5. The number of carboxylic acids is 1. The first kappa shape index (κ1) is 108. The Morgan fingerprint density at radius 1 is 0.483 bits per heavy atom. The Balaban J connectivity index is 0.00000135. The number of aromatic carboxylic acids is 1. The van der Waals surface area contributed by atoms with Crippen LogP contribution in [-0.2, 0) is 28.4 Å². The zero-order chi connectivity index (χ0) is 85.4. The number of unbranched alkanes of at least 4 members (excludes halogenated alkanes) is 3. The average molecular weight is 1860 g/mol. The van der Waals surface area contributed by atoms with Crippen LogP contribution in [0.15, 0.2) is 126 Å². The van der Waals surface area contributed by atoms with Crippen LogP contribution in [0, 0.1) is 33.9 Å². The number of nitro groups is 3. The number of nitrogens with zero attached hydrogens (tertiary/aromatic N) is 3. The minimum Gasteiger partial charge on any atom is -0.478 e. The van der Waals surface area contributed by atoms with Gasteiger partial charge in [0, 0.05) is 46.4 Å². The summed E-state index contributed by atoms with van der Waals surface area (Å²) in [5.41, 5.74) is 12.5. The topological polar surface area (TPSA) is 392 Å². The van der Waals surface area contributed by atoms with Crippen molar-refractivity contribution >= 4 is 129 Å². The van der Waals surface area contributed by atoms with Crippen LogP contribution >= 0.6 is 22.6 Å². The second-order valence-electron chi connectivity index (χ2n) is 29.7. The van der Waals surface area contributed by atoms with E-state index in [0.29, 0.717) is 49.4 Å². The molecule has 4 aliphatic rings. The summed E-state index contributed by atoms with van der Waals surface area (Å²) >= 11 is -0.0173. The number of benzene rings is 6. The Morgan fingerprint density at radius 3 is 1.13 bits per heavy atom. The monoisotopic (exact) mass is 1860 g/mol. The zero-order valence-corrected chi connectivity index (χ0v) is 72.7. The van der Waals surface area contributed by atoms with E-state index < -0.39 is 86.4 Å². The van der Waals surface area contributed by atoms with Crippen molar-refractivity contribution in [3.05, 3.63) is 222 Å². The molecule has 10 rings (SSSR count). The number of hydrogen-bond acceptors (Lipinski definition) is 21. The quantitative estimate of drug-likeness (QED) is 0.00572. The SMILES string of the molecule is C.C.C.C.C=Cc1ccc(C(=O)OC)cc1[N+](=O)[O-].C=[CH][Sn]([CH2]CCC)([CH2]CCC)[CH2]CCC.CC(=O)c1ccc(C2CC2)c(N)c1.CC(C)(C)OC(=O)Nc1cc(C(=O)O)ccc1C1CC1.COC(=O)c1ccc(C2CC2)c(NC(=O)OC(C)(C)C)c1.COC(=O)c1ccc(C2CC2)c([N+](=O)[O-])c1.COC(=O)c1ccc(I)c([N+](=O)[O-])c1. The molecule has 5 N–H and O–H groups in total. The summed E-state index contributed by atoms with van der Waals surface area (Å²) in [6.45, 7) is 26.9. The summed E-state index contributed by atoms with van der Waals surface area (Å²) in [5.74, 6) is -1.31. The van der Waals surface area contributed by atoms with Crippen LogP contribution in [0.3, 0.4) is 0 Å². The normalized spacial score (nSPS) is 12.6. The number of nitrogens with two attached hydrogens (primary N) is 1. The van der Waals surface area contributed by atoms with Crippen LogP contribution in [0.4, 0.5) is 43.7 Å². The smallest absolute Gasteiger partial charge is 0.412 e. The summed E-state index contributed by atoms with van der Waals surface area (Å²) < 4.78 is 36.2. The van der Waals surface area contributed by atoms with E-state index in [-0.39, 0.29) is 80.7 Å². The molecule has 6 aromatic carbocycles. The number of nitrogen functional groups attached to an aromatic ring is 1. The number of amides is 2. The van der Waals surface area contributed by atoms with E-state index in [1.54, 1.807) is 104 Å². The number of Topliss-reactive ketones (excluding diaryl/α,β-unsaturated/α-hetero) is 1. The fraction of sp³-hybridized carbons (Fsp3) is 0.461. The van der Waals surface area contributed by atoms with Gasteiger partial charge in [-0.2, -0.15) is 0 Å². The van der Waals surface area contributed by atoms with Crippen LogP contribution in [0.2, 0.25) is 13.3 Å². The van der Waals surface area contributed by atoms with Gasteiger partial charge < -0.3 is 39.3 Å². The fourth-order valence-corrected chi connectivity index (χ4v) is 25.0. The van der Waals surface area contributed by atoms with E-state index in [0.717, 1.165) is 60.9 Å². The Kier molecular flexibility index (Phi) is 47.5. The second kappa shape index (κ2) is 51.9. The number of methoxy groups -OCH3 is 4. The minimum atomic E-state index is -1.85. The molecule has 29 heteroatoms. The van der Waals surface area contributed by atoms with Crippen LogP contribution in [-0.4, -0.2) is 126 Å². The number of ether oxygens (including phenoxy) is 6. The van der Waals surface area contributed by atoms with Crippen molar-refractivity contribution in [3.8, 4) is 0 Å². The van der Waals surface area contributed by atoms with Gasteiger partial charge in [-0.3, -0.25) is 45.8 Å². The van der Waals surface area contributed by atoms with Crippen molar-refractivity contribution in [3.63, 3.8) is 0 Å². The number of halogens is 1. The summed E-state index contributed by atoms with van der Waals surface area (Å²) in [4.78, 5) is 121. The Morgan fingerprint density at radius 2 is 0.797 bits per heavy atom. The van der Waals surface area contributed by atoms with E-state index >= 15 is 0 Å². The van der Waals surface area contributed by atoms with Gasteiger partial charge in [0.2, 0.25) is 0 Å². The molecular formula is C89H125IN6O21Sn. The van der Waals surface area contributed by atoms with Gasteiger partial charge >= 0.3 is 144 Å². The number of nitrogens with one attached hydrogen (secondary N) is 2. The predicted molar refractivity (Wildman–Crippen MR) is 478 cm³/mol. The number of rotatable bonds is 26. The molecule has 118 heavy (non-hydrogen) atoms. The first-order chi connectivity index (χ1) is 53.8. The van der Waals surface area contributed by atoms with Gasteiger partial charge in [-0.15, -0.1) is 0 Å². The van der Waals surface area contributed by atoms with Crippen molar-refractivity contribution in [2.45, 2.75) is 237 Å².